The number of para-hydroxylation sites is 1. The van der Waals surface area contributed by atoms with Crippen molar-refractivity contribution in [3.05, 3.63) is 65.7 Å². The van der Waals surface area contributed by atoms with Crippen molar-refractivity contribution in [3.63, 3.8) is 0 Å². The van der Waals surface area contributed by atoms with Gasteiger partial charge < -0.3 is 4.84 Å². The second kappa shape index (κ2) is 5.05. The number of aryl methyl sites for hydroxylation is 1. The molecule has 1 saturated heterocycles. The molecule has 0 unspecified atom stereocenters. The Morgan fingerprint density at radius 2 is 1.65 bits per heavy atom. The van der Waals surface area contributed by atoms with Crippen molar-refractivity contribution in [2.45, 2.75) is 13.0 Å². The number of carbonyl (C=O) groups excluding carboxylic acids is 2. The summed E-state index contributed by atoms with van der Waals surface area (Å²) in [7, 11) is 0. The van der Waals surface area contributed by atoms with Crippen LogP contribution < -0.4 is 4.90 Å². The lowest BCUT2D eigenvalue weighted by Crippen LogP contribution is -2.33. The van der Waals surface area contributed by atoms with Crippen LogP contribution in [0, 0.1) is 12.8 Å². The summed E-state index contributed by atoms with van der Waals surface area (Å²) in [5.74, 6) is -1.33. The number of hydrogen-bond donors (Lipinski definition) is 0. The van der Waals surface area contributed by atoms with E-state index in [4.69, 9.17) is 4.84 Å². The third kappa shape index (κ3) is 2.04. The van der Waals surface area contributed by atoms with Crippen molar-refractivity contribution < 1.29 is 14.4 Å². The third-order valence-electron chi connectivity index (χ3n) is 4.17. The summed E-state index contributed by atoms with van der Waals surface area (Å²) >= 11 is 0. The molecule has 2 aliphatic rings. The zero-order chi connectivity index (χ0) is 16.0. The fourth-order valence-corrected chi connectivity index (χ4v) is 2.97. The zero-order valence-corrected chi connectivity index (χ0v) is 12.5. The molecule has 2 amide bonds. The summed E-state index contributed by atoms with van der Waals surface area (Å²) in [5.41, 5.74) is 3.00. The standard InChI is InChI=1S/C18H14N2O3/c1-11-7-9-12(10-8-11)15-14-16(23-19-15)18(22)20(17(14)21)13-5-3-2-4-6-13/h2-10,14,16H,1H3/t14-,16-/m1/s1. The van der Waals surface area contributed by atoms with Crippen LogP contribution in [0.4, 0.5) is 5.69 Å². The maximum atomic E-state index is 12.8. The first-order valence-corrected chi connectivity index (χ1v) is 7.40. The minimum atomic E-state index is -0.862. The molecular formula is C18H14N2O3. The number of rotatable bonds is 2. The molecule has 0 spiro atoms. The first kappa shape index (κ1) is 13.7. The lowest BCUT2D eigenvalue weighted by Gasteiger charge is -2.15. The molecule has 0 bridgehead atoms. The molecule has 2 aromatic carbocycles. The third-order valence-corrected chi connectivity index (χ3v) is 4.17. The molecule has 0 N–H and O–H groups in total. The van der Waals surface area contributed by atoms with Gasteiger partial charge in [-0.05, 0) is 19.1 Å². The van der Waals surface area contributed by atoms with Crippen LogP contribution in [0.2, 0.25) is 0 Å². The second-order valence-corrected chi connectivity index (χ2v) is 5.69. The van der Waals surface area contributed by atoms with Gasteiger partial charge in [-0.15, -0.1) is 0 Å². The van der Waals surface area contributed by atoms with E-state index < -0.39 is 12.0 Å². The van der Waals surface area contributed by atoms with E-state index in [2.05, 4.69) is 5.16 Å². The van der Waals surface area contributed by atoms with Crippen molar-refractivity contribution in [2.24, 2.45) is 11.1 Å². The van der Waals surface area contributed by atoms with E-state index in [9.17, 15) is 9.59 Å². The summed E-state index contributed by atoms with van der Waals surface area (Å²) in [6, 6.07) is 16.6. The Balaban J connectivity index is 1.71. The monoisotopic (exact) mass is 306 g/mol. The highest BCUT2D eigenvalue weighted by Gasteiger charge is 2.56. The number of imide groups is 1. The van der Waals surface area contributed by atoms with Crippen LogP contribution >= 0.6 is 0 Å². The molecule has 2 atom stereocenters. The van der Waals surface area contributed by atoms with Crippen molar-refractivity contribution in [3.8, 4) is 0 Å². The molecule has 2 aliphatic heterocycles. The Morgan fingerprint density at radius 3 is 2.35 bits per heavy atom. The highest BCUT2D eigenvalue weighted by molar-refractivity contribution is 6.32. The van der Waals surface area contributed by atoms with Crippen molar-refractivity contribution in [1.29, 1.82) is 0 Å². The summed E-state index contributed by atoms with van der Waals surface area (Å²) in [5, 5.41) is 4.00. The quantitative estimate of drug-likeness (QED) is 0.800. The van der Waals surface area contributed by atoms with E-state index in [0.717, 1.165) is 11.1 Å². The maximum absolute atomic E-state index is 12.8. The van der Waals surface area contributed by atoms with Crippen LogP contribution in [0.5, 0.6) is 0 Å². The van der Waals surface area contributed by atoms with Gasteiger partial charge in [0.1, 0.15) is 11.6 Å². The Bertz CT molecular complexity index is 812. The molecular weight excluding hydrogens is 292 g/mol. The molecule has 2 aromatic rings. The summed E-state index contributed by atoms with van der Waals surface area (Å²) in [6.07, 6.45) is -0.862. The van der Waals surface area contributed by atoms with Crippen LogP contribution in [0.25, 0.3) is 0 Å². The van der Waals surface area contributed by atoms with Gasteiger partial charge in [-0.25, -0.2) is 4.90 Å². The highest BCUT2D eigenvalue weighted by Crippen LogP contribution is 2.34. The van der Waals surface area contributed by atoms with Gasteiger partial charge in [0.2, 0.25) is 12.0 Å². The van der Waals surface area contributed by atoms with Crippen LogP contribution in [0.15, 0.2) is 59.8 Å². The predicted octanol–water partition coefficient (Wildman–Crippen LogP) is 2.29. The highest BCUT2D eigenvalue weighted by atomic mass is 16.6. The van der Waals surface area contributed by atoms with Crippen LogP contribution in [-0.2, 0) is 14.4 Å². The largest absolute Gasteiger partial charge is 0.381 e. The minimum absolute atomic E-state index is 0.289. The number of oxime groups is 1. The van der Waals surface area contributed by atoms with Gasteiger partial charge in [-0.1, -0.05) is 53.2 Å². The number of benzene rings is 2. The average Bonchev–Trinajstić information content (AvgIpc) is 3.10. The van der Waals surface area contributed by atoms with Gasteiger partial charge in [0.25, 0.3) is 5.91 Å². The molecule has 4 rings (SSSR count). The number of amides is 2. The number of nitrogens with zero attached hydrogens (tertiary/aromatic N) is 2. The number of hydrogen-bond acceptors (Lipinski definition) is 4. The molecule has 0 radical (unpaired) electrons. The molecule has 0 aliphatic carbocycles. The average molecular weight is 306 g/mol. The molecule has 23 heavy (non-hydrogen) atoms. The number of anilines is 1. The minimum Gasteiger partial charge on any atom is -0.381 e. The van der Waals surface area contributed by atoms with Gasteiger partial charge in [-0.2, -0.15) is 0 Å². The van der Waals surface area contributed by atoms with E-state index >= 15 is 0 Å². The summed E-state index contributed by atoms with van der Waals surface area (Å²) in [4.78, 5) is 31.8. The molecule has 2 heterocycles. The van der Waals surface area contributed by atoms with Crippen LogP contribution in [0.1, 0.15) is 11.1 Å². The van der Waals surface area contributed by atoms with Crippen molar-refractivity contribution >= 4 is 23.2 Å². The van der Waals surface area contributed by atoms with E-state index in [1.807, 2.05) is 37.3 Å². The Labute approximate surface area is 133 Å². The van der Waals surface area contributed by atoms with E-state index in [0.29, 0.717) is 11.4 Å². The predicted molar refractivity (Wildman–Crippen MR) is 85.0 cm³/mol. The molecule has 0 aromatic heterocycles. The van der Waals surface area contributed by atoms with Gasteiger partial charge in [-0.3, -0.25) is 9.59 Å². The molecule has 5 nitrogen and oxygen atoms in total. The summed E-state index contributed by atoms with van der Waals surface area (Å²) in [6.45, 7) is 1.99. The van der Waals surface area contributed by atoms with E-state index in [1.165, 1.54) is 4.90 Å². The SMILES string of the molecule is Cc1ccc(C2=NO[C@H]3C(=O)N(c4ccccc4)C(=O)[C@H]23)cc1. The van der Waals surface area contributed by atoms with E-state index in [-0.39, 0.29) is 11.8 Å². The maximum Gasteiger partial charge on any atom is 0.278 e. The van der Waals surface area contributed by atoms with Gasteiger partial charge in [0, 0.05) is 5.56 Å². The fraction of sp³-hybridized carbons (Fsp3) is 0.167. The first-order chi connectivity index (χ1) is 11.2. The number of fused-ring (bicyclic) bond motifs is 1. The lowest BCUT2D eigenvalue weighted by molar-refractivity contribution is -0.126. The Hall–Kier alpha value is -2.95. The smallest absolute Gasteiger partial charge is 0.278 e. The normalized spacial score (nSPS) is 22.8. The molecule has 1 fully saturated rings. The van der Waals surface area contributed by atoms with Crippen molar-refractivity contribution in [1.82, 2.24) is 0 Å². The van der Waals surface area contributed by atoms with Gasteiger partial charge in [0.15, 0.2) is 0 Å². The van der Waals surface area contributed by atoms with Gasteiger partial charge in [0.05, 0.1) is 5.69 Å². The molecule has 0 saturated carbocycles. The molecule has 5 heteroatoms. The van der Waals surface area contributed by atoms with Crippen molar-refractivity contribution in [2.75, 3.05) is 4.90 Å². The van der Waals surface area contributed by atoms with Crippen LogP contribution in [-0.4, -0.2) is 23.6 Å². The van der Waals surface area contributed by atoms with Gasteiger partial charge >= 0.3 is 0 Å². The zero-order valence-electron chi connectivity index (χ0n) is 12.5. The fourth-order valence-electron chi connectivity index (χ4n) is 2.97. The number of carbonyl (C=O) groups is 2. The summed E-state index contributed by atoms with van der Waals surface area (Å²) < 4.78 is 0. The second-order valence-electron chi connectivity index (χ2n) is 5.69. The lowest BCUT2D eigenvalue weighted by atomic mass is 9.93. The Kier molecular flexibility index (Phi) is 3.01. The first-order valence-electron chi connectivity index (χ1n) is 7.40. The van der Waals surface area contributed by atoms with E-state index in [1.54, 1.807) is 24.3 Å². The Morgan fingerprint density at radius 1 is 0.957 bits per heavy atom. The topological polar surface area (TPSA) is 59.0 Å². The van der Waals surface area contributed by atoms with Crippen LogP contribution in [0.3, 0.4) is 0 Å². The molecule has 114 valence electrons.